The van der Waals surface area contributed by atoms with Crippen molar-refractivity contribution >= 4 is 31.9 Å². The van der Waals surface area contributed by atoms with E-state index in [9.17, 15) is 5.11 Å². The van der Waals surface area contributed by atoms with Gasteiger partial charge in [-0.15, -0.1) is 6.58 Å². The summed E-state index contributed by atoms with van der Waals surface area (Å²) in [5.74, 6) is 0.217. The molecule has 0 spiro atoms. The van der Waals surface area contributed by atoms with Crippen molar-refractivity contribution in [3.05, 3.63) is 39.3 Å². The number of allylic oxidation sites excluding steroid dienone is 1. The second kappa shape index (κ2) is 5.68. The molecule has 1 rings (SSSR count). The molecule has 15 heavy (non-hydrogen) atoms. The zero-order valence-corrected chi connectivity index (χ0v) is 11.4. The maximum absolute atomic E-state index is 9.82. The van der Waals surface area contributed by atoms with Gasteiger partial charge in [-0.3, -0.25) is 0 Å². The van der Waals surface area contributed by atoms with Gasteiger partial charge in [-0.05, 0) is 40.9 Å². The summed E-state index contributed by atoms with van der Waals surface area (Å²) in [6, 6.07) is 3.46. The van der Waals surface area contributed by atoms with E-state index in [1.54, 1.807) is 6.07 Å². The first-order valence-electron chi connectivity index (χ1n) is 4.60. The zero-order chi connectivity index (χ0) is 11.4. The minimum absolute atomic E-state index is 0.170. The predicted octanol–water partition coefficient (Wildman–Crippen LogP) is 3.88. The number of phenolic OH excluding ortho intramolecular Hbond substituents is 1. The van der Waals surface area contributed by atoms with E-state index in [1.807, 2.05) is 12.1 Å². The van der Waals surface area contributed by atoms with E-state index in [-0.39, 0.29) is 11.8 Å². The van der Waals surface area contributed by atoms with Crippen molar-refractivity contribution < 1.29 is 5.11 Å². The molecule has 82 valence electrons. The monoisotopic (exact) mass is 333 g/mol. The van der Waals surface area contributed by atoms with Crippen molar-refractivity contribution in [2.45, 2.75) is 18.9 Å². The van der Waals surface area contributed by atoms with Gasteiger partial charge in [0.1, 0.15) is 5.75 Å². The van der Waals surface area contributed by atoms with E-state index >= 15 is 0 Å². The van der Waals surface area contributed by atoms with Gasteiger partial charge in [-0.2, -0.15) is 0 Å². The molecule has 1 aromatic rings. The molecular weight excluding hydrogens is 322 g/mol. The third-order valence-corrected chi connectivity index (χ3v) is 3.20. The first-order valence-corrected chi connectivity index (χ1v) is 6.19. The van der Waals surface area contributed by atoms with Gasteiger partial charge in [0.05, 0.1) is 4.47 Å². The fraction of sp³-hybridized carbons (Fsp3) is 0.273. The lowest BCUT2D eigenvalue weighted by Crippen LogP contribution is -2.10. The molecule has 2 nitrogen and oxygen atoms in total. The molecule has 4 heteroatoms. The van der Waals surface area contributed by atoms with Crippen LogP contribution >= 0.6 is 31.9 Å². The molecule has 0 radical (unpaired) electrons. The number of halogens is 2. The van der Waals surface area contributed by atoms with E-state index in [1.165, 1.54) is 0 Å². The molecule has 0 aliphatic rings. The lowest BCUT2D eigenvalue weighted by Gasteiger charge is -2.14. The third-order valence-electron chi connectivity index (χ3n) is 2.14. The van der Waals surface area contributed by atoms with Crippen LogP contribution in [0.2, 0.25) is 0 Å². The fourth-order valence-corrected chi connectivity index (χ4v) is 2.58. The first kappa shape index (κ1) is 12.7. The summed E-state index contributed by atoms with van der Waals surface area (Å²) in [5.41, 5.74) is 6.72. The molecule has 0 amide bonds. The van der Waals surface area contributed by atoms with Crippen molar-refractivity contribution in [3.63, 3.8) is 0 Å². The van der Waals surface area contributed by atoms with Crippen LogP contribution in [-0.2, 0) is 0 Å². The highest BCUT2D eigenvalue weighted by molar-refractivity contribution is 9.11. The summed E-state index contributed by atoms with van der Waals surface area (Å²) in [7, 11) is 0. The van der Waals surface area contributed by atoms with Crippen LogP contribution in [0.3, 0.4) is 0 Å². The maximum Gasteiger partial charge on any atom is 0.134 e. The molecule has 0 aliphatic heterocycles. The van der Waals surface area contributed by atoms with Gasteiger partial charge >= 0.3 is 0 Å². The van der Waals surface area contributed by atoms with Gasteiger partial charge in [-0.1, -0.05) is 22.0 Å². The van der Waals surface area contributed by atoms with Gasteiger partial charge in [0.25, 0.3) is 0 Å². The number of hydrogen-bond donors (Lipinski definition) is 2. The average Bonchev–Trinajstić information content (AvgIpc) is 2.19. The molecule has 0 saturated heterocycles. The van der Waals surface area contributed by atoms with Crippen LogP contribution < -0.4 is 5.73 Å². The third kappa shape index (κ3) is 3.33. The molecule has 0 unspecified atom stereocenters. The van der Waals surface area contributed by atoms with E-state index in [0.29, 0.717) is 4.47 Å². The van der Waals surface area contributed by atoms with Crippen LogP contribution in [0.4, 0.5) is 0 Å². The molecular formula is C11H13Br2NO. The fourth-order valence-electron chi connectivity index (χ4n) is 1.32. The molecule has 0 bridgehead atoms. The van der Waals surface area contributed by atoms with Crippen molar-refractivity contribution in [1.29, 1.82) is 0 Å². The zero-order valence-electron chi connectivity index (χ0n) is 8.21. The highest BCUT2D eigenvalue weighted by Gasteiger charge is 2.13. The number of rotatable bonds is 4. The summed E-state index contributed by atoms with van der Waals surface area (Å²) >= 11 is 6.64. The quantitative estimate of drug-likeness (QED) is 0.821. The summed E-state index contributed by atoms with van der Waals surface area (Å²) in [5, 5.41) is 9.82. The van der Waals surface area contributed by atoms with Crippen LogP contribution in [0.25, 0.3) is 0 Å². The Labute approximate surface area is 106 Å². The number of aromatic hydroxyl groups is 1. The first-order chi connectivity index (χ1) is 7.06. The van der Waals surface area contributed by atoms with E-state index < -0.39 is 0 Å². The van der Waals surface area contributed by atoms with Gasteiger partial charge in [0.15, 0.2) is 0 Å². The minimum Gasteiger partial charge on any atom is -0.506 e. The van der Waals surface area contributed by atoms with Crippen molar-refractivity contribution in [2.75, 3.05) is 0 Å². The number of phenols is 1. The molecule has 0 fully saturated rings. The van der Waals surface area contributed by atoms with Gasteiger partial charge < -0.3 is 10.8 Å². The average molecular weight is 335 g/mol. The lowest BCUT2D eigenvalue weighted by molar-refractivity contribution is 0.455. The van der Waals surface area contributed by atoms with Crippen LogP contribution in [-0.4, -0.2) is 5.11 Å². The smallest absolute Gasteiger partial charge is 0.134 e. The molecule has 1 atom stereocenters. The number of hydrogen-bond acceptors (Lipinski definition) is 2. The normalized spacial score (nSPS) is 12.5. The van der Waals surface area contributed by atoms with Crippen LogP contribution in [0.5, 0.6) is 5.75 Å². The second-order valence-electron chi connectivity index (χ2n) is 3.30. The topological polar surface area (TPSA) is 46.2 Å². The van der Waals surface area contributed by atoms with E-state index in [4.69, 9.17) is 5.73 Å². The summed E-state index contributed by atoms with van der Waals surface area (Å²) in [4.78, 5) is 0. The predicted molar refractivity (Wildman–Crippen MR) is 69.9 cm³/mol. The lowest BCUT2D eigenvalue weighted by atomic mass is 10.0. The summed E-state index contributed by atoms with van der Waals surface area (Å²) in [6.45, 7) is 3.65. The molecule has 0 heterocycles. The highest BCUT2D eigenvalue weighted by Crippen LogP contribution is 2.35. The molecule has 0 aliphatic carbocycles. The maximum atomic E-state index is 9.82. The molecule has 1 aromatic carbocycles. The Morgan fingerprint density at radius 1 is 1.47 bits per heavy atom. The number of benzene rings is 1. The summed E-state index contributed by atoms with van der Waals surface area (Å²) < 4.78 is 1.55. The van der Waals surface area contributed by atoms with Crippen molar-refractivity contribution in [2.24, 2.45) is 5.73 Å². The SMILES string of the molecule is C=CCC[C@@H](N)c1cc(Br)cc(Br)c1O. The minimum atomic E-state index is -0.170. The Kier molecular flexibility index (Phi) is 4.83. The largest absolute Gasteiger partial charge is 0.506 e. The molecule has 0 aromatic heterocycles. The van der Waals surface area contributed by atoms with Gasteiger partial charge in [0, 0.05) is 16.1 Å². The van der Waals surface area contributed by atoms with Crippen molar-refractivity contribution in [1.82, 2.24) is 0 Å². The van der Waals surface area contributed by atoms with E-state index in [2.05, 4.69) is 38.4 Å². The Hall–Kier alpha value is -0.320. The Morgan fingerprint density at radius 3 is 2.73 bits per heavy atom. The Balaban J connectivity index is 2.96. The molecule has 3 N–H and O–H groups in total. The number of nitrogens with two attached hydrogens (primary N) is 1. The van der Waals surface area contributed by atoms with Crippen LogP contribution in [0.15, 0.2) is 33.7 Å². The van der Waals surface area contributed by atoms with E-state index in [0.717, 1.165) is 22.9 Å². The second-order valence-corrected chi connectivity index (χ2v) is 5.07. The highest BCUT2D eigenvalue weighted by atomic mass is 79.9. The van der Waals surface area contributed by atoms with Gasteiger partial charge in [0.2, 0.25) is 0 Å². The van der Waals surface area contributed by atoms with Crippen LogP contribution in [0, 0.1) is 0 Å². The standard InChI is InChI=1S/C11H13Br2NO/c1-2-3-4-10(14)8-5-7(12)6-9(13)11(8)15/h2,5-6,10,15H,1,3-4,14H2/t10-/m1/s1. The van der Waals surface area contributed by atoms with Crippen LogP contribution in [0.1, 0.15) is 24.4 Å². The summed E-state index contributed by atoms with van der Waals surface area (Å²) in [6.07, 6.45) is 3.44. The van der Waals surface area contributed by atoms with Gasteiger partial charge in [-0.25, -0.2) is 0 Å². The molecule has 0 saturated carbocycles. The Bertz CT molecular complexity index is 366. The Morgan fingerprint density at radius 2 is 2.13 bits per heavy atom. The van der Waals surface area contributed by atoms with Crippen molar-refractivity contribution in [3.8, 4) is 5.75 Å².